The maximum absolute atomic E-state index is 11.7. The van der Waals surface area contributed by atoms with Crippen LogP contribution in [-0.4, -0.2) is 25.2 Å². The molecule has 0 aliphatic rings. The summed E-state index contributed by atoms with van der Waals surface area (Å²) in [4.78, 5) is 11.7. The number of primary amides is 1. The summed E-state index contributed by atoms with van der Waals surface area (Å²) in [5.41, 5.74) is 7.06. The number of hydrogen-bond donors (Lipinski definition) is 2. The van der Waals surface area contributed by atoms with Crippen LogP contribution in [0.2, 0.25) is 0 Å². The van der Waals surface area contributed by atoms with Crippen molar-refractivity contribution in [3.8, 4) is 17.2 Å². The number of ether oxygens (including phenoxy) is 2. The largest absolute Gasteiger partial charge is 0.504 e. The van der Waals surface area contributed by atoms with Gasteiger partial charge in [-0.2, -0.15) is 0 Å². The molecule has 2 rings (SSSR count). The molecule has 0 atom stereocenters. The van der Waals surface area contributed by atoms with Crippen LogP contribution in [0.1, 0.15) is 11.1 Å². The van der Waals surface area contributed by atoms with E-state index in [-0.39, 0.29) is 5.75 Å². The Bertz CT molecular complexity index is 722. The normalized spacial score (nSPS) is 11.1. The molecule has 0 aromatic heterocycles. The molecule has 3 N–H and O–H groups in total. The first-order valence-electron chi connectivity index (χ1n) is 6.58. The quantitative estimate of drug-likeness (QED) is 0.656. The average Bonchev–Trinajstić information content (AvgIpc) is 2.52. The van der Waals surface area contributed by atoms with Crippen LogP contribution in [0.4, 0.5) is 0 Å². The topological polar surface area (TPSA) is 81.8 Å². The number of phenolic OH excluding ortho intramolecular Hbond substituents is 1. The number of amides is 1. The molecule has 0 saturated carbocycles. The zero-order valence-electron chi connectivity index (χ0n) is 12.4. The van der Waals surface area contributed by atoms with E-state index in [1.165, 1.54) is 13.2 Å². The van der Waals surface area contributed by atoms with Gasteiger partial charge < -0.3 is 20.3 Å². The summed E-state index contributed by atoms with van der Waals surface area (Å²) in [6.07, 6.45) is 1.61. The first-order chi connectivity index (χ1) is 10.5. The Labute approximate surface area is 128 Å². The van der Waals surface area contributed by atoms with Crippen molar-refractivity contribution in [3.63, 3.8) is 0 Å². The third-order valence-corrected chi connectivity index (χ3v) is 3.16. The molecule has 5 nitrogen and oxygen atoms in total. The van der Waals surface area contributed by atoms with Crippen molar-refractivity contribution in [1.29, 1.82) is 0 Å². The van der Waals surface area contributed by atoms with Gasteiger partial charge in [-0.25, -0.2) is 0 Å². The monoisotopic (exact) mass is 299 g/mol. The minimum atomic E-state index is -0.566. The van der Waals surface area contributed by atoms with Crippen LogP contribution in [0.15, 0.2) is 42.5 Å². The lowest BCUT2D eigenvalue weighted by Crippen LogP contribution is -2.12. The molecule has 0 fully saturated rings. The van der Waals surface area contributed by atoms with Gasteiger partial charge in [0, 0.05) is 5.57 Å². The van der Waals surface area contributed by atoms with Crippen LogP contribution in [0, 0.1) is 0 Å². The van der Waals surface area contributed by atoms with Crippen molar-refractivity contribution in [2.24, 2.45) is 5.73 Å². The van der Waals surface area contributed by atoms with Gasteiger partial charge in [0.05, 0.1) is 14.2 Å². The van der Waals surface area contributed by atoms with Crippen molar-refractivity contribution in [1.82, 2.24) is 0 Å². The van der Waals surface area contributed by atoms with E-state index in [2.05, 4.69) is 0 Å². The summed E-state index contributed by atoms with van der Waals surface area (Å²) in [6, 6.07) is 11.9. The fraction of sp³-hybridized carbons (Fsp3) is 0.118. The zero-order valence-corrected chi connectivity index (χ0v) is 12.4. The highest BCUT2D eigenvalue weighted by Gasteiger charge is 2.10. The lowest BCUT2D eigenvalue weighted by molar-refractivity contribution is -0.112. The maximum atomic E-state index is 11.7. The Kier molecular flexibility index (Phi) is 4.68. The summed E-state index contributed by atoms with van der Waals surface area (Å²) < 4.78 is 10.1. The number of hydrogen-bond acceptors (Lipinski definition) is 4. The number of methoxy groups -OCH3 is 2. The van der Waals surface area contributed by atoms with Crippen molar-refractivity contribution in [2.75, 3.05) is 14.2 Å². The smallest absolute Gasteiger partial charge is 0.249 e. The van der Waals surface area contributed by atoms with Gasteiger partial charge in [-0.1, -0.05) is 18.2 Å². The van der Waals surface area contributed by atoms with Gasteiger partial charge in [-0.3, -0.25) is 4.79 Å². The van der Waals surface area contributed by atoms with Crippen molar-refractivity contribution in [2.45, 2.75) is 0 Å². The Balaban J connectivity index is 2.47. The van der Waals surface area contributed by atoms with Crippen molar-refractivity contribution in [3.05, 3.63) is 53.6 Å². The van der Waals surface area contributed by atoms with E-state index in [4.69, 9.17) is 15.2 Å². The number of benzene rings is 2. The number of carbonyl (C=O) groups excluding carboxylic acids is 1. The highest BCUT2D eigenvalue weighted by atomic mass is 16.5. The number of phenols is 1. The molecule has 0 saturated heterocycles. The predicted molar refractivity (Wildman–Crippen MR) is 84.7 cm³/mol. The summed E-state index contributed by atoms with van der Waals surface area (Å²) in [6.45, 7) is 0. The van der Waals surface area contributed by atoms with Crippen LogP contribution in [0.3, 0.4) is 0 Å². The van der Waals surface area contributed by atoms with Gasteiger partial charge in [0.15, 0.2) is 11.5 Å². The van der Waals surface area contributed by atoms with Crippen LogP contribution in [0.5, 0.6) is 17.2 Å². The third-order valence-electron chi connectivity index (χ3n) is 3.16. The lowest BCUT2D eigenvalue weighted by Gasteiger charge is -2.08. The molecular weight excluding hydrogens is 282 g/mol. The summed E-state index contributed by atoms with van der Waals surface area (Å²) in [5.74, 6) is 0.413. The number of carbonyl (C=O) groups is 1. The second-order valence-corrected chi connectivity index (χ2v) is 4.59. The lowest BCUT2D eigenvalue weighted by atomic mass is 10.0. The first-order valence-corrected chi connectivity index (χ1v) is 6.58. The first kappa shape index (κ1) is 15.4. The average molecular weight is 299 g/mol. The second kappa shape index (κ2) is 6.67. The van der Waals surface area contributed by atoms with Crippen LogP contribution in [0.25, 0.3) is 11.6 Å². The SMILES string of the molecule is COc1cccc(/C(=C\c2ccc(OC)c(O)c2)C(N)=O)c1. The molecule has 114 valence electrons. The van der Waals surface area contributed by atoms with Gasteiger partial charge in [0.25, 0.3) is 0 Å². The highest BCUT2D eigenvalue weighted by Crippen LogP contribution is 2.29. The molecule has 0 aliphatic heterocycles. The van der Waals surface area contributed by atoms with Gasteiger partial charge in [-0.05, 0) is 41.5 Å². The molecule has 0 spiro atoms. The van der Waals surface area contributed by atoms with Gasteiger partial charge >= 0.3 is 0 Å². The van der Waals surface area contributed by atoms with Gasteiger partial charge in [0.2, 0.25) is 5.91 Å². The summed E-state index contributed by atoms with van der Waals surface area (Å²) >= 11 is 0. The molecule has 1 amide bonds. The minimum Gasteiger partial charge on any atom is -0.504 e. The fourth-order valence-corrected chi connectivity index (χ4v) is 2.05. The number of aromatic hydroxyl groups is 1. The van der Waals surface area contributed by atoms with E-state index in [0.717, 1.165) is 0 Å². The Hall–Kier alpha value is -2.95. The van der Waals surface area contributed by atoms with Gasteiger partial charge in [0.1, 0.15) is 5.75 Å². The molecule has 2 aromatic carbocycles. The second-order valence-electron chi connectivity index (χ2n) is 4.59. The standard InChI is InChI=1S/C17H17NO4/c1-21-13-5-3-4-12(10-13)14(17(18)20)8-11-6-7-16(22-2)15(19)9-11/h3-10,19H,1-2H3,(H2,18,20)/b14-8+. The number of nitrogens with two attached hydrogens (primary N) is 1. The van der Waals surface area contributed by atoms with Crippen molar-refractivity contribution >= 4 is 17.6 Å². The van der Waals surface area contributed by atoms with E-state index in [1.807, 2.05) is 0 Å². The van der Waals surface area contributed by atoms with Gasteiger partial charge in [-0.15, -0.1) is 0 Å². The molecule has 0 bridgehead atoms. The van der Waals surface area contributed by atoms with E-state index in [1.54, 1.807) is 49.6 Å². The molecule has 0 aliphatic carbocycles. The molecular formula is C17H17NO4. The maximum Gasteiger partial charge on any atom is 0.249 e. The zero-order chi connectivity index (χ0) is 16.1. The van der Waals surface area contributed by atoms with Crippen LogP contribution < -0.4 is 15.2 Å². The predicted octanol–water partition coefficient (Wildman–Crippen LogP) is 2.44. The highest BCUT2D eigenvalue weighted by molar-refractivity contribution is 6.23. The molecule has 0 heterocycles. The van der Waals surface area contributed by atoms with E-state index >= 15 is 0 Å². The van der Waals surface area contributed by atoms with E-state index in [9.17, 15) is 9.90 Å². The summed E-state index contributed by atoms with van der Waals surface area (Å²) in [5, 5.41) is 9.81. The Morgan fingerprint density at radius 1 is 1.14 bits per heavy atom. The molecule has 0 unspecified atom stereocenters. The summed E-state index contributed by atoms with van der Waals surface area (Å²) in [7, 11) is 3.02. The number of rotatable bonds is 5. The minimum absolute atomic E-state index is 0.00860. The molecule has 0 radical (unpaired) electrons. The Morgan fingerprint density at radius 3 is 2.50 bits per heavy atom. The van der Waals surface area contributed by atoms with E-state index in [0.29, 0.717) is 28.2 Å². The Morgan fingerprint density at radius 2 is 1.91 bits per heavy atom. The molecule has 22 heavy (non-hydrogen) atoms. The van der Waals surface area contributed by atoms with Crippen molar-refractivity contribution < 1.29 is 19.4 Å². The molecule has 5 heteroatoms. The fourth-order valence-electron chi connectivity index (χ4n) is 2.05. The molecule has 2 aromatic rings. The van der Waals surface area contributed by atoms with Crippen LogP contribution in [-0.2, 0) is 4.79 Å². The van der Waals surface area contributed by atoms with E-state index < -0.39 is 5.91 Å². The van der Waals surface area contributed by atoms with Crippen LogP contribution >= 0.6 is 0 Å². The third kappa shape index (κ3) is 3.38.